The number of carbonyl (C=O) groups excluding carboxylic acids is 1. The molecule has 0 bridgehead atoms. The Balaban J connectivity index is 1.64. The first kappa shape index (κ1) is 33.1. The molecule has 0 spiro atoms. The van der Waals surface area contributed by atoms with E-state index >= 15 is 0 Å². The minimum atomic E-state index is -4.58. The van der Waals surface area contributed by atoms with Gasteiger partial charge in [0.1, 0.15) is 12.4 Å². The van der Waals surface area contributed by atoms with Gasteiger partial charge in [0.2, 0.25) is 5.91 Å². The van der Waals surface area contributed by atoms with E-state index in [4.69, 9.17) is 9.47 Å². The monoisotopic (exact) mass is 593 g/mol. The molecule has 228 valence electrons. The molecule has 3 rings (SSSR count). The normalized spacial score (nSPS) is 11.9. The average molecular weight is 594 g/mol. The molecule has 0 unspecified atom stereocenters. The topological polar surface area (TPSA) is 72.0 Å². The van der Waals surface area contributed by atoms with Crippen LogP contribution in [0.5, 0.6) is 5.75 Å². The molecule has 2 N–H and O–H groups in total. The number of benzene rings is 3. The lowest BCUT2D eigenvalue weighted by Crippen LogP contribution is -2.10. The highest BCUT2D eigenvalue weighted by Crippen LogP contribution is 2.35. The summed E-state index contributed by atoms with van der Waals surface area (Å²) in [5.41, 5.74) is 1.75. The number of amides is 1. The van der Waals surface area contributed by atoms with Crippen LogP contribution in [-0.2, 0) is 15.7 Å². The largest absolute Gasteiger partial charge is 0.491 e. The van der Waals surface area contributed by atoms with Gasteiger partial charge in [0.25, 0.3) is 0 Å². The van der Waals surface area contributed by atoms with Crippen LogP contribution < -0.4 is 15.4 Å². The Hall–Kier alpha value is -4.37. The molecular weight excluding hydrogens is 555 g/mol. The van der Waals surface area contributed by atoms with Crippen LogP contribution in [0.15, 0.2) is 84.0 Å². The van der Waals surface area contributed by atoms with Crippen molar-refractivity contribution >= 4 is 30.1 Å². The molecule has 6 nitrogen and oxygen atoms in total. The molecule has 0 aromatic heterocycles. The van der Waals surface area contributed by atoms with Crippen molar-refractivity contribution in [1.82, 2.24) is 5.32 Å². The summed E-state index contributed by atoms with van der Waals surface area (Å²) in [6.07, 6.45) is 5.87. The second-order valence-electron chi connectivity index (χ2n) is 9.63. The van der Waals surface area contributed by atoms with Gasteiger partial charge >= 0.3 is 6.18 Å². The highest BCUT2D eigenvalue weighted by Gasteiger charge is 2.32. The Labute approximate surface area is 251 Å². The highest BCUT2D eigenvalue weighted by molar-refractivity contribution is 6.02. The van der Waals surface area contributed by atoms with Gasteiger partial charge in [-0.15, -0.1) is 0 Å². The minimum absolute atomic E-state index is 0.112. The maximum Gasteiger partial charge on any atom is 0.416 e. The van der Waals surface area contributed by atoms with Crippen LogP contribution in [0.25, 0.3) is 23.3 Å². The number of alkyl halides is 3. The third-order valence-electron chi connectivity index (χ3n) is 6.19. The first-order valence-electron chi connectivity index (χ1n) is 14.3. The molecule has 9 heteroatoms. The number of hydrogen-bond acceptors (Lipinski definition) is 4. The molecule has 0 aliphatic carbocycles. The van der Waals surface area contributed by atoms with Gasteiger partial charge in [0.05, 0.1) is 18.5 Å². The molecule has 1 amide bonds. The second-order valence-corrected chi connectivity index (χ2v) is 9.63. The molecule has 3 aromatic rings. The van der Waals surface area contributed by atoms with Crippen molar-refractivity contribution in [2.24, 2.45) is 4.99 Å². The molecule has 0 atom stereocenters. The van der Waals surface area contributed by atoms with E-state index in [0.717, 1.165) is 49.1 Å². The van der Waals surface area contributed by atoms with Crippen LogP contribution in [-0.4, -0.2) is 38.6 Å². The number of nitrogens with one attached hydrogen (secondary N) is 2. The highest BCUT2D eigenvalue weighted by atomic mass is 19.4. The Morgan fingerprint density at radius 1 is 0.884 bits per heavy atom. The van der Waals surface area contributed by atoms with E-state index in [-0.39, 0.29) is 5.56 Å². The Kier molecular flexibility index (Phi) is 13.5. The number of ether oxygens (including phenoxy) is 2. The zero-order chi connectivity index (χ0) is 30.9. The maximum absolute atomic E-state index is 13.7. The number of carbonyl (C=O) groups is 1. The minimum Gasteiger partial charge on any atom is -0.491 e. The van der Waals surface area contributed by atoms with E-state index in [0.29, 0.717) is 36.8 Å². The summed E-state index contributed by atoms with van der Waals surface area (Å²) in [4.78, 5) is 16.7. The molecule has 0 fully saturated rings. The number of anilines is 1. The number of aliphatic imine (C=N–C) groups is 1. The van der Waals surface area contributed by atoms with Gasteiger partial charge in [0.15, 0.2) is 0 Å². The molecule has 43 heavy (non-hydrogen) atoms. The Morgan fingerprint density at radius 2 is 1.63 bits per heavy atom. The summed E-state index contributed by atoms with van der Waals surface area (Å²) in [5, 5.41) is 5.72. The molecule has 0 aliphatic rings. The van der Waals surface area contributed by atoms with Crippen LogP contribution in [0, 0.1) is 0 Å². The first-order valence-corrected chi connectivity index (χ1v) is 14.3. The fraction of sp³-hybridized carbons (Fsp3) is 0.294. The van der Waals surface area contributed by atoms with E-state index < -0.39 is 17.6 Å². The molecule has 0 heterocycles. The van der Waals surface area contributed by atoms with Crippen molar-refractivity contribution in [2.75, 3.05) is 31.7 Å². The third kappa shape index (κ3) is 11.8. The Morgan fingerprint density at radius 3 is 2.33 bits per heavy atom. The summed E-state index contributed by atoms with van der Waals surface area (Å²) in [5.74, 6) is 0.0948. The quantitative estimate of drug-likeness (QED) is 0.0760. The first-order chi connectivity index (χ1) is 20.8. The van der Waals surface area contributed by atoms with E-state index in [1.54, 1.807) is 61.1 Å². The fourth-order valence-electron chi connectivity index (χ4n) is 3.91. The summed E-state index contributed by atoms with van der Waals surface area (Å²) >= 11 is 0. The lowest BCUT2D eigenvalue weighted by atomic mass is 9.98. The van der Waals surface area contributed by atoms with Gasteiger partial charge < -0.3 is 20.1 Å². The van der Waals surface area contributed by atoms with Crippen LogP contribution >= 0.6 is 0 Å². The van der Waals surface area contributed by atoms with Crippen molar-refractivity contribution in [2.45, 2.75) is 39.3 Å². The third-order valence-corrected chi connectivity index (χ3v) is 6.19. The number of rotatable bonds is 16. The van der Waals surface area contributed by atoms with Crippen molar-refractivity contribution in [3.8, 4) is 16.9 Å². The SMILES string of the molecule is CCCCOCCOc1ccc(-c2ccc(C(F)(F)F)c(/C=C/C(=O)Nc3ccc(/C=C/N=C\NCCC)cc3)c2)cc1. The van der Waals surface area contributed by atoms with Gasteiger partial charge in [-0.3, -0.25) is 4.79 Å². The van der Waals surface area contributed by atoms with E-state index in [1.165, 1.54) is 18.2 Å². The second kappa shape index (κ2) is 17.6. The molecular formula is C34H38F3N3O3. The summed E-state index contributed by atoms with van der Waals surface area (Å²) < 4.78 is 52.4. The van der Waals surface area contributed by atoms with Gasteiger partial charge in [-0.25, -0.2) is 4.99 Å². The van der Waals surface area contributed by atoms with Gasteiger partial charge in [-0.1, -0.05) is 50.6 Å². The summed E-state index contributed by atoms with van der Waals surface area (Å²) in [7, 11) is 0. The lowest BCUT2D eigenvalue weighted by molar-refractivity contribution is -0.137. The van der Waals surface area contributed by atoms with Crippen LogP contribution in [0.4, 0.5) is 18.9 Å². The van der Waals surface area contributed by atoms with Crippen LogP contribution in [0.3, 0.4) is 0 Å². The summed E-state index contributed by atoms with van der Waals surface area (Å²) in [6.45, 7) is 6.61. The average Bonchev–Trinajstić information content (AvgIpc) is 3.00. The molecule has 0 aliphatic heterocycles. The van der Waals surface area contributed by atoms with Crippen molar-refractivity contribution in [1.29, 1.82) is 0 Å². The van der Waals surface area contributed by atoms with E-state index in [1.807, 2.05) is 6.08 Å². The van der Waals surface area contributed by atoms with Crippen LogP contribution in [0.2, 0.25) is 0 Å². The van der Waals surface area contributed by atoms with Crippen LogP contribution in [0.1, 0.15) is 49.8 Å². The molecule has 3 aromatic carbocycles. The fourth-order valence-corrected chi connectivity index (χ4v) is 3.91. The molecule has 0 saturated heterocycles. The predicted octanol–water partition coefficient (Wildman–Crippen LogP) is 8.22. The number of nitrogens with zero attached hydrogens (tertiary/aromatic N) is 1. The van der Waals surface area contributed by atoms with Crippen molar-refractivity contribution in [3.63, 3.8) is 0 Å². The summed E-state index contributed by atoms with van der Waals surface area (Å²) in [6, 6.07) is 18.0. The van der Waals surface area contributed by atoms with E-state index in [2.05, 4.69) is 29.5 Å². The molecule has 0 saturated carbocycles. The zero-order valence-corrected chi connectivity index (χ0v) is 24.5. The lowest BCUT2D eigenvalue weighted by Gasteiger charge is -2.13. The molecule has 0 radical (unpaired) electrons. The van der Waals surface area contributed by atoms with Gasteiger partial charge in [-0.2, -0.15) is 13.2 Å². The van der Waals surface area contributed by atoms with Gasteiger partial charge in [0, 0.05) is 31.1 Å². The number of unbranched alkanes of at least 4 members (excludes halogenated alkanes) is 1. The van der Waals surface area contributed by atoms with Crippen molar-refractivity contribution < 1.29 is 27.4 Å². The zero-order valence-electron chi connectivity index (χ0n) is 24.5. The Bertz CT molecular complexity index is 1370. The number of hydrogen-bond donors (Lipinski definition) is 2. The van der Waals surface area contributed by atoms with Crippen molar-refractivity contribution in [3.05, 3.63) is 95.7 Å². The van der Waals surface area contributed by atoms with E-state index in [9.17, 15) is 18.0 Å². The maximum atomic E-state index is 13.7. The standard InChI is InChI=1S/C34H38F3N3O3/c1-3-5-21-42-22-23-43-31-14-8-27(9-15-31)28-10-16-32(34(35,36)37)29(24-28)11-17-33(41)40-30-12-6-26(7-13-30)18-20-39-25-38-19-4-2/h6-18,20,24-25H,3-5,19,21-23H2,1-2H3,(H,38,39)(H,40,41)/b17-11+,20-18+. The number of halogens is 3. The predicted molar refractivity (Wildman–Crippen MR) is 168 cm³/mol. The smallest absolute Gasteiger partial charge is 0.416 e. The van der Waals surface area contributed by atoms with Gasteiger partial charge in [-0.05, 0) is 83.6 Å².